The molecule has 1 N–H and O–H groups in total. The Hall–Kier alpha value is -2.79. The lowest BCUT2D eigenvalue weighted by molar-refractivity contribution is -0.118. The number of nitrogens with one attached hydrogen (secondary N) is 1. The van der Waals surface area contributed by atoms with Crippen LogP contribution in [0, 0.1) is 13.8 Å². The number of halogens is 1. The molecule has 0 atom stereocenters. The zero-order valence-corrected chi connectivity index (χ0v) is 16.7. The van der Waals surface area contributed by atoms with E-state index in [0.717, 1.165) is 15.6 Å². The van der Waals surface area contributed by atoms with Gasteiger partial charge >= 0.3 is 0 Å². The van der Waals surface area contributed by atoms with Gasteiger partial charge in [0.05, 0.1) is 5.69 Å². The van der Waals surface area contributed by atoms with Crippen LogP contribution in [0.4, 0.5) is 5.69 Å². The van der Waals surface area contributed by atoms with Gasteiger partial charge in [0.25, 0.3) is 5.91 Å². The Kier molecular flexibility index (Phi) is 6.14. The van der Waals surface area contributed by atoms with E-state index in [1.165, 1.54) is 0 Å². The van der Waals surface area contributed by atoms with Crippen LogP contribution in [0.25, 0.3) is 0 Å². The van der Waals surface area contributed by atoms with E-state index in [2.05, 4.69) is 21.2 Å². The first kappa shape index (κ1) is 19.0. The maximum atomic E-state index is 12.3. The van der Waals surface area contributed by atoms with Crippen LogP contribution < -0.4 is 14.8 Å². The summed E-state index contributed by atoms with van der Waals surface area (Å²) in [5.41, 5.74) is 2.72. The van der Waals surface area contributed by atoms with Gasteiger partial charge in [-0.2, -0.15) is 0 Å². The second kappa shape index (κ2) is 8.73. The van der Waals surface area contributed by atoms with Crippen molar-refractivity contribution in [3.63, 3.8) is 0 Å². The van der Waals surface area contributed by atoms with Crippen molar-refractivity contribution in [3.8, 4) is 17.2 Å². The van der Waals surface area contributed by atoms with E-state index in [4.69, 9.17) is 9.47 Å². The first-order chi connectivity index (χ1) is 13.0. The number of benzene rings is 3. The topological polar surface area (TPSA) is 47.6 Å². The first-order valence-corrected chi connectivity index (χ1v) is 9.33. The Morgan fingerprint density at radius 1 is 0.926 bits per heavy atom. The van der Waals surface area contributed by atoms with Crippen molar-refractivity contribution in [1.29, 1.82) is 0 Å². The van der Waals surface area contributed by atoms with Crippen molar-refractivity contribution in [1.82, 2.24) is 0 Å². The molecule has 0 unspecified atom stereocenters. The van der Waals surface area contributed by atoms with Crippen LogP contribution in [0.1, 0.15) is 11.1 Å². The molecule has 0 aliphatic carbocycles. The number of hydrogen-bond donors (Lipinski definition) is 1. The summed E-state index contributed by atoms with van der Waals surface area (Å²) in [7, 11) is 0. The van der Waals surface area contributed by atoms with E-state index in [9.17, 15) is 4.79 Å². The molecule has 0 bridgehead atoms. The van der Waals surface area contributed by atoms with E-state index in [-0.39, 0.29) is 12.5 Å². The molecule has 0 fully saturated rings. The van der Waals surface area contributed by atoms with E-state index >= 15 is 0 Å². The lowest BCUT2D eigenvalue weighted by Gasteiger charge is -2.13. The van der Waals surface area contributed by atoms with Crippen molar-refractivity contribution >= 4 is 27.5 Å². The van der Waals surface area contributed by atoms with Gasteiger partial charge in [-0.3, -0.25) is 4.79 Å². The third-order valence-electron chi connectivity index (χ3n) is 3.91. The highest BCUT2D eigenvalue weighted by molar-refractivity contribution is 9.10. The summed E-state index contributed by atoms with van der Waals surface area (Å²) in [6.45, 7) is 3.89. The van der Waals surface area contributed by atoms with Gasteiger partial charge in [-0.1, -0.05) is 46.3 Å². The summed E-state index contributed by atoms with van der Waals surface area (Å²) in [6, 6.07) is 20.5. The van der Waals surface area contributed by atoms with Crippen LogP contribution in [-0.2, 0) is 4.79 Å². The fourth-order valence-electron chi connectivity index (χ4n) is 2.60. The highest BCUT2D eigenvalue weighted by atomic mass is 79.9. The molecule has 0 aliphatic heterocycles. The molecule has 0 spiro atoms. The summed E-state index contributed by atoms with van der Waals surface area (Å²) >= 11 is 3.52. The third-order valence-corrected chi connectivity index (χ3v) is 5.16. The SMILES string of the molecule is Cc1cc(OCC(=O)Nc2ccccc2Oc2ccccc2)cc(C)c1Br. The number of carbonyl (C=O) groups excluding carboxylic acids is 1. The van der Waals surface area contributed by atoms with E-state index in [1.54, 1.807) is 6.07 Å². The average Bonchev–Trinajstić information content (AvgIpc) is 2.67. The van der Waals surface area contributed by atoms with Crippen LogP contribution in [0.5, 0.6) is 17.2 Å². The normalized spacial score (nSPS) is 10.3. The minimum absolute atomic E-state index is 0.0832. The Balaban J connectivity index is 1.64. The van der Waals surface area contributed by atoms with Gasteiger partial charge in [-0.25, -0.2) is 0 Å². The zero-order valence-electron chi connectivity index (χ0n) is 15.2. The molecule has 0 saturated heterocycles. The monoisotopic (exact) mass is 425 g/mol. The number of ether oxygens (including phenoxy) is 2. The summed E-state index contributed by atoms with van der Waals surface area (Å²) in [6.07, 6.45) is 0. The number of carbonyl (C=O) groups is 1. The predicted octanol–water partition coefficient (Wildman–Crippen LogP) is 5.88. The Bertz CT molecular complexity index is 918. The molecule has 0 aromatic heterocycles. The molecule has 27 heavy (non-hydrogen) atoms. The molecule has 5 heteroatoms. The van der Waals surface area contributed by atoms with Gasteiger partial charge in [0, 0.05) is 4.47 Å². The number of anilines is 1. The van der Waals surface area contributed by atoms with Crippen molar-refractivity contribution in [2.75, 3.05) is 11.9 Å². The molecule has 1 amide bonds. The van der Waals surface area contributed by atoms with Crippen LogP contribution in [0.3, 0.4) is 0 Å². The quantitative estimate of drug-likeness (QED) is 0.536. The Morgan fingerprint density at radius 3 is 2.26 bits per heavy atom. The Morgan fingerprint density at radius 2 is 1.56 bits per heavy atom. The predicted molar refractivity (Wildman–Crippen MR) is 111 cm³/mol. The second-order valence-electron chi connectivity index (χ2n) is 6.12. The molecule has 138 valence electrons. The summed E-state index contributed by atoms with van der Waals surface area (Å²) < 4.78 is 12.5. The van der Waals surface area contributed by atoms with Crippen molar-refractivity contribution < 1.29 is 14.3 Å². The number of amides is 1. The molecule has 0 radical (unpaired) electrons. The fraction of sp³-hybridized carbons (Fsp3) is 0.136. The standard InChI is InChI=1S/C22H20BrNO3/c1-15-12-18(13-16(2)22(15)23)26-14-21(25)24-19-10-6-7-11-20(19)27-17-8-4-3-5-9-17/h3-13H,14H2,1-2H3,(H,24,25). The largest absolute Gasteiger partial charge is 0.484 e. The molecule has 0 aliphatic rings. The lowest BCUT2D eigenvalue weighted by atomic mass is 10.1. The number of rotatable bonds is 6. The molecule has 0 heterocycles. The minimum atomic E-state index is -0.252. The molecule has 4 nitrogen and oxygen atoms in total. The molecule has 3 aromatic rings. The smallest absolute Gasteiger partial charge is 0.262 e. The van der Waals surface area contributed by atoms with Crippen molar-refractivity contribution in [2.45, 2.75) is 13.8 Å². The maximum absolute atomic E-state index is 12.3. The van der Waals surface area contributed by atoms with E-state index in [0.29, 0.717) is 22.9 Å². The summed E-state index contributed by atoms with van der Waals surface area (Å²) in [5, 5.41) is 2.84. The number of aryl methyl sites for hydroxylation is 2. The van der Waals surface area contributed by atoms with Crippen LogP contribution >= 0.6 is 15.9 Å². The second-order valence-corrected chi connectivity index (χ2v) is 6.91. The number of hydrogen-bond acceptors (Lipinski definition) is 3. The summed E-state index contributed by atoms with van der Waals surface area (Å²) in [5.74, 6) is 1.69. The lowest BCUT2D eigenvalue weighted by Crippen LogP contribution is -2.20. The van der Waals surface area contributed by atoms with Gasteiger partial charge < -0.3 is 14.8 Å². The van der Waals surface area contributed by atoms with Crippen LogP contribution in [-0.4, -0.2) is 12.5 Å². The van der Waals surface area contributed by atoms with Gasteiger partial charge in [0.2, 0.25) is 0 Å². The molecule has 3 rings (SSSR count). The van der Waals surface area contributed by atoms with Gasteiger partial charge in [0.15, 0.2) is 12.4 Å². The van der Waals surface area contributed by atoms with E-state index < -0.39 is 0 Å². The maximum Gasteiger partial charge on any atom is 0.262 e. The molecule has 0 saturated carbocycles. The number of para-hydroxylation sites is 3. The van der Waals surface area contributed by atoms with Gasteiger partial charge in [-0.05, 0) is 61.4 Å². The van der Waals surface area contributed by atoms with E-state index in [1.807, 2.05) is 74.5 Å². The molecular formula is C22H20BrNO3. The molecular weight excluding hydrogens is 406 g/mol. The summed E-state index contributed by atoms with van der Waals surface area (Å²) in [4.78, 5) is 12.3. The first-order valence-electron chi connectivity index (χ1n) is 8.54. The third kappa shape index (κ3) is 5.11. The highest BCUT2D eigenvalue weighted by Crippen LogP contribution is 2.29. The molecule has 3 aromatic carbocycles. The van der Waals surface area contributed by atoms with Crippen LogP contribution in [0.15, 0.2) is 71.2 Å². The van der Waals surface area contributed by atoms with Gasteiger partial charge in [-0.15, -0.1) is 0 Å². The van der Waals surface area contributed by atoms with Crippen molar-refractivity contribution in [3.05, 3.63) is 82.3 Å². The van der Waals surface area contributed by atoms with Gasteiger partial charge in [0.1, 0.15) is 11.5 Å². The fourth-order valence-corrected chi connectivity index (χ4v) is 2.83. The zero-order chi connectivity index (χ0) is 19.2. The van der Waals surface area contributed by atoms with Crippen LogP contribution in [0.2, 0.25) is 0 Å². The minimum Gasteiger partial charge on any atom is -0.484 e. The Labute approximate surface area is 167 Å². The highest BCUT2D eigenvalue weighted by Gasteiger charge is 2.10. The van der Waals surface area contributed by atoms with Crippen molar-refractivity contribution in [2.24, 2.45) is 0 Å². The average molecular weight is 426 g/mol.